The topological polar surface area (TPSA) is 52.8 Å². The molecule has 0 saturated heterocycles. The molecule has 0 bridgehead atoms. The first-order chi connectivity index (χ1) is 7.06. The quantitative estimate of drug-likeness (QED) is 0.527. The Bertz CT molecular complexity index is 454. The number of aromatic hydroxyl groups is 1. The number of halogens is 1. The number of hydrogen-bond acceptors (Lipinski definition) is 3. The fourth-order valence-corrected chi connectivity index (χ4v) is 2.41. The number of phenolic OH excluding ortho intramolecular Hbond substituents is 1. The van der Waals surface area contributed by atoms with E-state index in [-0.39, 0.29) is 11.7 Å². The summed E-state index contributed by atoms with van der Waals surface area (Å²) in [5.41, 5.74) is 2.71. The van der Waals surface area contributed by atoms with Crippen LogP contribution in [0.3, 0.4) is 0 Å². The van der Waals surface area contributed by atoms with Crippen LogP contribution in [-0.2, 0) is 6.42 Å². The molecular weight excluding hydrogens is 214 g/mol. The van der Waals surface area contributed by atoms with Gasteiger partial charge in [-0.1, -0.05) is 23.7 Å². The molecule has 1 aromatic rings. The minimum atomic E-state index is 0.0928. The van der Waals surface area contributed by atoms with Gasteiger partial charge in [-0.3, -0.25) is 0 Å². The van der Waals surface area contributed by atoms with E-state index in [1.54, 1.807) is 13.0 Å². The maximum absolute atomic E-state index is 9.91. The smallest absolute Gasteiger partial charge is 0.128 e. The Morgan fingerprint density at radius 1 is 1.53 bits per heavy atom. The number of nitrogens with zero attached hydrogens (tertiary/aromatic N) is 1. The van der Waals surface area contributed by atoms with Crippen molar-refractivity contribution in [1.29, 1.82) is 0 Å². The maximum Gasteiger partial charge on any atom is 0.128 e. The Labute approximate surface area is 93.0 Å². The maximum atomic E-state index is 9.91. The van der Waals surface area contributed by atoms with Crippen molar-refractivity contribution in [3.63, 3.8) is 0 Å². The molecule has 2 rings (SSSR count). The second-order valence-electron chi connectivity index (χ2n) is 3.97. The fourth-order valence-electron chi connectivity index (χ4n) is 2.08. The molecule has 2 N–H and O–H groups in total. The molecule has 0 aromatic heterocycles. The van der Waals surface area contributed by atoms with Gasteiger partial charge in [0.25, 0.3) is 0 Å². The molecule has 0 heterocycles. The summed E-state index contributed by atoms with van der Waals surface area (Å²) in [7, 11) is 0. The van der Waals surface area contributed by atoms with Gasteiger partial charge in [0.2, 0.25) is 0 Å². The molecule has 1 aliphatic carbocycles. The van der Waals surface area contributed by atoms with Crippen LogP contribution in [0.5, 0.6) is 5.75 Å². The van der Waals surface area contributed by atoms with Gasteiger partial charge < -0.3 is 10.3 Å². The molecule has 4 heteroatoms. The molecular formula is C11H12ClNO2. The number of hydrogen-bond donors (Lipinski definition) is 2. The van der Waals surface area contributed by atoms with E-state index in [2.05, 4.69) is 5.16 Å². The predicted molar refractivity (Wildman–Crippen MR) is 59.0 cm³/mol. The van der Waals surface area contributed by atoms with E-state index in [1.165, 1.54) is 0 Å². The third kappa shape index (κ3) is 1.38. The van der Waals surface area contributed by atoms with Gasteiger partial charge in [-0.05, 0) is 30.5 Å². The predicted octanol–water partition coefficient (Wildman–Crippen LogP) is 2.72. The third-order valence-corrected chi connectivity index (χ3v) is 3.22. The molecule has 15 heavy (non-hydrogen) atoms. The average Bonchev–Trinajstić information content (AvgIpc) is 2.52. The lowest BCUT2D eigenvalue weighted by atomic mass is 10.0. The highest BCUT2D eigenvalue weighted by molar-refractivity contribution is 6.32. The van der Waals surface area contributed by atoms with Crippen LogP contribution >= 0.6 is 11.6 Å². The molecule has 1 atom stereocenters. The SMILES string of the molecule is Cc1cc(Cl)c2c(c1O)C(=NO)C(C)C2. The van der Waals surface area contributed by atoms with Crippen molar-refractivity contribution in [2.45, 2.75) is 20.3 Å². The summed E-state index contributed by atoms with van der Waals surface area (Å²) < 4.78 is 0. The zero-order chi connectivity index (χ0) is 11.2. The standard InChI is InChI=1S/C11H12ClNO2/c1-5-3-7-8(12)4-6(2)11(14)9(7)10(5)13-15/h4-5,14-15H,3H2,1-2H3. The zero-order valence-electron chi connectivity index (χ0n) is 8.58. The Balaban J connectivity index is 2.75. The van der Waals surface area contributed by atoms with E-state index < -0.39 is 0 Å². The van der Waals surface area contributed by atoms with Crippen LogP contribution in [0.2, 0.25) is 5.02 Å². The lowest BCUT2D eigenvalue weighted by molar-refractivity contribution is 0.316. The summed E-state index contributed by atoms with van der Waals surface area (Å²) >= 11 is 6.09. The van der Waals surface area contributed by atoms with Gasteiger partial charge in [0.1, 0.15) is 5.75 Å². The van der Waals surface area contributed by atoms with Crippen LogP contribution in [0.1, 0.15) is 23.6 Å². The van der Waals surface area contributed by atoms with E-state index in [0.717, 1.165) is 5.56 Å². The van der Waals surface area contributed by atoms with E-state index >= 15 is 0 Å². The zero-order valence-corrected chi connectivity index (χ0v) is 9.34. The Hall–Kier alpha value is -1.22. The van der Waals surface area contributed by atoms with E-state index in [1.807, 2.05) is 6.92 Å². The second kappa shape index (κ2) is 3.42. The number of phenols is 1. The summed E-state index contributed by atoms with van der Waals surface area (Å²) in [4.78, 5) is 0. The van der Waals surface area contributed by atoms with Crippen molar-refractivity contribution in [3.8, 4) is 5.75 Å². The Morgan fingerprint density at radius 2 is 2.20 bits per heavy atom. The Kier molecular flexibility index (Phi) is 2.35. The van der Waals surface area contributed by atoms with Gasteiger partial charge in [0, 0.05) is 16.5 Å². The molecule has 80 valence electrons. The van der Waals surface area contributed by atoms with Crippen LogP contribution in [-0.4, -0.2) is 16.0 Å². The van der Waals surface area contributed by atoms with Crippen molar-refractivity contribution < 1.29 is 10.3 Å². The minimum Gasteiger partial charge on any atom is -0.507 e. The fraction of sp³-hybridized carbons (Fsp3) is 0.364. The van der Waals surface area contributed by atoms with Crippen LogP contribution < -0.4 is 0 Å². The molecule has 0 aliphatic heterocycles. The van der Waals surface area contributed by atoms with Gasteiger partial charge >= 0.3 is 0 Å². The summed E-state index contributed by atoms with van der Waals surface area (Å²) in [5.74, 6) is 0.266. The lowest BCUT2D eigenvalue weighted by Crippen LogP contribution is -2.05. The summed E-state index contributed by atoms with van der Waals surface area (Å²) in [5, 5.41) is 22.7. The highest BCUT2D eigenvalue weighted by Gasteiger charge is 2.31. The van der Waals surface area contributed by atoms with Gasteiger partial charge in [0.05, 0.1) is 5.71 Å². The van der Waals surface area contributed by atoms with Crippen LogP contribution in [0, 0.1) is 12.8 Å². The normalized spacial score (nSPS) is 22.1. The van der Waals surface area contributed by atoms with Crippen molar-refractivity contribution in [2.24, 2.45) is 11.1 Å². The number of aryl methyl sites for hydroxylation is 1. The first kappa shape index (κ1) is 10.3. The second-order valence-corrected chi connectivity index (χ2v) is 4.38. The molecule has 0 fully saturated rings. The molecule has 1 unspecified atom stereocenters. The van der Waals surface area contributed by atoms with Crippen molar-refractivity contribution in [1.82, 2.24) is 0 Å². The van der Waals surface area contributed by atoms with Crippen LogP contribution in [0.25, 0.3) is 0 Å². The van der Waals surface area contributed by atoms with Crippen LogP contribution in [0.4, 0.5) is 0 Å². The van der Waals surface area contributed by atoms with Gasteiger partial charge in [-0.15, -0.1) is 0 Å². The molecule has 0 amide bonds. The van der Waals surface area contributed by atoms with Crippen molar-refractivity contribution in [2.75, 3.05) is 0 Å². The monoisotopic (exact) mass is 225 g/mol. The van der Waals surface area contributed by atoms with E-state index in [9.17, 15) is 5.11 Å². The largest absolute Gasteiger partial charge is 0.507 e. The molecule has 1 aliphatic rings. The molecule has 0 radical (unpaired) electrons. The number of benzene rings is 1. The van der Waals surface area contributed by atoms with E-state index in [0.29, 0.717) is 28.3 Å². The molecule has 0 saturated carbocycles. The summed E-state index contributed by atoms with van der Waals surface area (Å²) in [6, 6.07) is 1.74. The first-order valence-corrected chi connectivity index (χ1v) is 5.17. The number of oxime groups is 1. The highest BCUT2D eigenvalue weighted by atomic mass is 35.5. The van der Waals surface area contributed by atoms with Crippen molar-refractivity contribution >= 4 is 17.3 Å². The average molecular weight is 226 g/mol. The van der Waals surface area contributed by atoms with Gasteiger partial charge in [-0.2, -0.15) is 0 Å². The summed E-state index contributed by atoms with van der Waals surface area (Å²) in [6.45, 7) is 3.72. The van der Waals surface area contributed by atoms with E-state index in [4.69, 9.17) is 16.8 Å². The minimum absolute atomic E-state index is 0.0928. The lowest BCUT2D eigenvalue weighted by Gasteiger charge is -2.08. The molecule has 3 nitrogen and oxygen atoms in total. The molecule has 0 spiro atoms. The number of fused-ring (bicyclic) bond motifs is 1. The van der Waals surface area contributed by atoms with Crippen molar-refractivity contribution in [3.05, 3.63) is 27.8 Å². The first-order valence-electron chi connectivity index (χ1n) is 4.79. The van der Waals surface area contributed by atoms with Gasteiger partial charge in [0.15, 0.2) is 0 Å². The highest BCUT2D eigenvalue weighted by Crippen LogP contribution is 2.39. The van der Waals surface area contributed by atoms with Gasteiger partial charge in [-0.25, -0.2) is 0 Å². The third-order valence-electron chi connectivity index (χ3n) is 2.88. The number of rotatable bonds is 0. The summed E-state index contributed by atoms with van der Waals surface area (Å²) in [6.07, 6.45) is 0.710. The van der Waals surface area contributed by atoms with Crippen LogP contribution in [0.15, 0.2) is 11.2 Å². The molecule has 1 aromatic carbocycles. The Morgan fingerprint density at radius 3 is 2.80 bits per heavy atom.